The van der Waals surface area contributed by atoms with E-state index < -0.39 is 0 Å². The second-order valence-corrected chi connectivity index (χ2v) is 7.86. The largest absolute Gasteiger partial charge is 0.350 e. The Morgan fingerprint density at radius 3 is 2.63 bits per heavy atom. The molecule has 0 saturated heterocycles. The van der Waals surface area contributed by atoms with E-state index in [1.807, 2.05) is 37.4 Å². The first kappa shape index (κ1) is 21.6. The summed E-state index contributed by atoms with van der Waals surface area (Å²) in [6.07, 6.45) is 0.154. The summed E-state index contributed by atoms with van der Waals surface area (Å²) in [6.45, 7) is 4.56. The Balaban J connectivity index is 1.54. The zero-order valence-corrected chi connectivity index (χ0v) is 17.8. The number of hydrogen-bond acceptors (Lipinski definition) is 4. The average Bonchev–Trinajstić information content (AvgIpc) is 3.20. The molecule has 2 amide bonds. The lowest BCUT2D eigenvalue weighted by atomic mass is 10.1. The van der Waals surface area contributed by atoms with Gasteiger partial charge in [-0.1, -0.05) is 35.9 Å². The number of thiazole rings is 1. The fourth-order valence-corrected chi connectivity index (χ4v) is 3.79. The molecule has 1 N–H and O–H groups in total. The van der Waals surface area contributed by atoms with Gasteiger partial charge in [0.25, 0.3) is 0 Å². The molecule has 1 aromatic heterocycles. The SMILES string of the molecule is CCN(CC(=O)NCc1ccc(F)cc1)C(=O)Cc1csc(-c2cccc(C)c2)n1. The van der Waals surface area contributed by atoms with Gasteiger partial charge in [-0.25, -0.2) is 9.37 Å². The third-order valence-corrected chi connectivity index (χ3v) is 5.56. The average molecular weight is 426 g/mol. The Bertz CT molecular complexity index is 1020. The molecular formula is C23H24FN3O2S. The van der Waals surface area contributed by atoms with Crippen molar-refractivity contribution in [3.63, 3.8) is 0 Å². The van der Waals surface area contributed by atoms with Gasteiger partial charge in [0, 0.05) is 24.0 Å². The molecule has 30 heavy (non-hydrogen) atoms. The number of benzene rings is 2. The summed E-state index contributed by atoms with van der Waals surface area (Å²) in [7, 11) is 0. The molecule has 3 aromatic rings. The quantitative estimate of drug-likeness (QED) is 0.594. The Kier molecular flexibility index (Phi) is 7.30. The highest BCUT2D eigenvalue weighted by Crippen LogP contribution is 2.24. The van der Waals surface area contributed by atoms with Gasteiger partial charge in [0.1, 0.15) is 10.8 Å². The summed E-state index contributed by atoms with van der Waals surface area (Å²) in [6, 6.07) is 14.0. The van der Waals surface area contributed by atoms with Gasteiger partial charge in [0.05, 0.1) is 18.7 Å². The monoisotopic (exact) mass is 425 g/mol. The summed E-state index contributed by atoms with van der Waals surface area (Å²) < 4.78 is 13.0. The zero-order valence-electron chi connectivity index (χ0n) is 17.0. The van der Waals surface area contributed by atoms with Gasteiger partial charge < -0.3 is 10.2 Å². The number of carbonyl (C=O) groups is 2. The van der Waals surface area contributed by atoms with Gasteiger partial charge in [-0.3, -0.25) is 9.59 Å². The molecule has 3 rings (SSSR count). The van der Waals surface area contributed by atoms with E-state index in [-0.39, 0.29) is 37.1 Å². The highest BCUT2D eigenvalue weighted by Gasteiger charge is 2.17. The molecule has 0 saturated carbocycles. The van der Waals surface area contributed by atoms with Crippen LogP contribution in [0.4, 0.5) is 4.39 Å². The molecule has 0 bridgehead atoms. The summed E-state index contributed by atoms with van der Waals surface area (Å²) in [5.41, 5.74) is 3.69. The van der Waals surface area contributed by atoms with Crippen molar-refractivity contribution in [2.24, 2.45) is 0 Å². The number of aromatic nitrogens is 1. The molecule has 0 fully saturated rings. The van der Waals surface area contributed by atoms with Gasteiger partial charge in [0.15, 0.2) is 0 Å². The second kappa shape index (κ2) is 10.1. The van der Waals surface area contributed by atoms with Crippen LogP contribution in [0.15, 0.2) is 53.9 Å². The third-order valence-electron chi connectivity index (χ3n) is 4.62. The minimum atomic E-state index is -0.319. The summed E-state index contributed by atoms with van der Waals surface area (Å²) in [4.78, 5) is 31.0. The van der Waals surface area contributed by atoms with E-state index in [2.05, 4.69) is 16.4 Å². The van der Waals surface area contributed by atoms with Crippen LogP contribution in [-0.4, -0.2) is 34.8 Å². The molecule has 156 valence electrons. The number of carbonyl (C=O) groups excluding carboxylic acids is 2. The van der Waals surface area contributed by atoms with E-state index >= 15 is 0 Å². The van der Waals surface area contributed by atoms with Crippen molar-refractivity contribution in [1.29, 1.82) is 0 Å². The van der Waals surface area contributed by atoms with Gasteiger partial charge in [0.2, 0.25) is 11.8 Å². The number of amides is 2. The van der Waals surface area contributed by atoms with Crippen LogP contribution in [0.2, 0.25) is 0 Å². The topological polar surface area (TPSA) is 62.3 Å². The predicted molar refractivity (Wildman–Crippen MR) is 116 cm³/mol. The van der Waals surface area contributed by atoms with Crippen LogP contribution in [0.3, 0.4) is 0 Å². The van der Waals surface area contributed by atoms with Crippen LogP contribution in [0.25, 0.3) is 10.6 Å². The van der Waals surface area contributed by atoms with E-state index in [1.54, 1.807) is 12.1 Å². The lowest BCUT2D eigenvalue weighted by molar-refractivity contribution is -0.135. The minimum Gasteiger partial charge on any atom is -0.350 e. The summed E-state index contributed by atoms with van der Waals surface area (Å²) in [5, 5.41) is 5.53. The Labute approximate surface area is 179 Å². The number of nitrogens with one attached hydrogen (secondary N) is 1. The molecule has 0 unspecified atom stereocenters. The van der Waals surface area contributed by atoms with Crippen LogP contribution >= 0.6 is 11.3 Å². The molecule has 0 aliphatic carbocycles. The molecule has 5 nitrogen and oxygen atoms in total. The highest BCUT2D eigenvalue weighted by molar-refractivity contribution is 7.13. The van der Waals surface area contributed by atoms with Crippen molar-refractivity contribution < 1.29 is 14.0 Å². The lowest BCUT2D eigenvalue weighted by Gasteiger charge is -2.20. The van der Waals surface area contributed by atoms with Crippen molar-refractivity contribution in [2.45, 2.75) is 26.8 Å². The van der Waals surface area contributed by atoms with Crippen molar-refractivity contribution in [3.05, 3.63) is 76.5 Å². The maximum Gasteiger partial charge on any atom is 0.239 e. The molecule has 7 heteroatoms. The molecular weight excluding hydrogens is 401 g/mol. The van der Waals surface area contributed by atoms with Gasteiger partial charge in [-0.2, -0.15) is 0 Å². The standard InChI is InChI=1S/C23H24FN3O2S/c1-3-27(14-21(28)25-13-17-7-9-19(24)10-8-17)22(29)12-20-15-30-23(26-20)18-6-4-5-16(2)11-18/h4-11,15H,3,12-14H2,1-2H3,(H,25,28). The molecule has 0 radical (unpaired) electrons. The molecule has 1 heterocycles. The Morgan fingerprint density at radius 2 is 1.93 bits per heavy atom. The Hall–Kier alpha value is -3.06. The normalized spacial score (nSPS) is 10.6. The van der Waals surface area contributed by atoms with Crippen molar-refractivity contribution in [3.8, 4) is 10.6 Å². The first-order valence-electron chi connectivity index (χ1n) is 9.75. The Morgan fingerprint density at radius 1 is 1.17 bits per heavy atom. The van der Waals surface area contributed by atoms with Crippen molar-refractivity contribution in [1.82, 2.24) is 15.2 Å². The number of rotatable bonds is 8. The third kappa shape index (κ3) is 5.97. The van der Waals surface area contributed by atoms with Crippen LogP contribution in [0, 0.1) is 12.7 Å². The van der Waals surface area contributed by atoms with Crippen molar-refractivity contribution >= 4 is 23.2 Å². The molecule has 0 atom stereocenters. The number of likely N-dealkylation sites (N-methyl/N-ethyl adjacent to an activating group) is 1. The molecule has 0 aliphatic rings. The lowest BCUT2D eigenvalue weighted by Crippen LogP contribution is -2.41. The summed E-state index contributed by atoms with van der Waals surface area (Å²) >= 11 is 1.51. The minimum absolute atomic E-state index is 0.0224. The predicted octanol–water partition coefficient (Wildman–Crippen LogP) is 3.97. The number of aryl methyl sites for hydroxylation is 1. The smallest absolute Gasteiger partial charge is 0.239 e. The summed E-state index contributed by atoms with van der Waals surface area (Å²) in [5.74, 6) is -0.718. The zero-order chi connectivity index (χ0) is 21.5. The van der Waals surface area contributed by atoms with Gasteiger partial charge >= 0.3 is 0 Å². The maximum atomic E-state index is 13.0. The fraction of sp³-hybridized carbons (Fsp3) is 0.261. The maximum absolute atomic E-state index is 13.0. The van der Waals surface area contributed by atoms with Crippen LogP contribution in [0.1, 0.15) is 23.7 Å². The fourth-order valence-electron chi connectivity index (χ4n) is 2.97. The first-order chi connectivity index (χ1) is 14.4. The molecule has 2 aromatic carbocycles. The second-order valence-electron chi connectivity index (χ2n) is 7.00. The number of nitrogens with zero attached hydrogens (tertiary/aromatic N) is 2. The first-order valence-corrected chi connectivity index (χ1v) is 10.6. The number of hydrogen-bond donors (Lipinski definition) is 1. The van der Waals surface area contributed by atoms with E-state index in [0.29, 0.717) is 12.2 Å². The van der Waals surface area contributed by atoms with Crippen molar-refractivity contribution in [2.75, 3.05) is 13.1 Å². The van der Waals surface area contributed by atoms with E-state index in [4.69, 9.17) is 0 Å². The van der Waals surface area contributed by atoms with Crippen LogP contribution < -0.4 is 5.32 Å². The van der Waals surface area contributed by atoms with Gasteiger partial charge in [-0.05, 0) is 37.6 Å². The van der Waals surface area contributed by atoms with Crippen LogP contribution in [-0.2, 0) is 22.6 Å². The highest BCUT2D eigenvalue weighted by atomic mass is 32.1. The van der Waals surface area contributed by atoms with E-state index in [0.717, 1.165) is 21.7 Å². The van der Waals surface area contributed by atoms with Gasteiger partial charge in [-0.15, -0.1) is 11.3 Å². The number of halogens is 1. The molecule has 0 spiro atoms. The molecule has 0 aliphatic heterocycles. The van der Waals surface area contributed by atoms with E-state index in [9.17, 15) is 14.0 Å². The van der Waals surface area contributed by atoms with Crippen LogP contribution in [0.5, 0.6) is 0 Å². The van der Waals surface area contributed by atoms with E-state index in [1.165, 1.54) is 28.4 Å².